The molecule has 2 rings (SSSR count). The maximum absolute atomic E-state index is 12.0. The smallest absolute Gasteiger partial charge is 0.257 e. The van der Waals surface area contributed by atoms with Gasteiger partial charge in [0.1, 0.15) is 0 Å². The third-order valence-electron chi connectivity index (χ3n) is 2.64. The van der Waals surface area contributed by atoms with E-state index in [0.29, 0.717) is 22.5 Å². The van der Waals surface area contributed by atoms with Crippen molar-refractivity contribution in [1.82, 2.24) is 4.98 Å². The van der Waals surface area contributed by atoms with E-state index in [9.17, 15) is 4.79 Å². The molecule has 0 atom stereocenters. The molecule has 0 spiro atoms. The van der Waals surface area contributed by atoms with Crippen molar-refractivity contribution in [2.45, 2.75) is 6.92 Å². The quantitative estimate of drug-likeness (QED) is 0.502. The standard InChI is InChI=1S/C14H13N3O2/c1-10(17-19)12-6-2-3-7-13(12)16-14(18)11-5-4-8-15-9-11/h2-9,19H,1H3,(H,16,18)/b17-10+. The number of aromatic nitrogens is 1. The highest BCUT2D eigenvalue weighted by atomic mass is 16.4. The number of para-hydroxylation sites is 1. The van der Waals surface area contributed by atoms with Gasteiger partial charge in [-0.25, -0.2) is 0 Å². The lowest BCUT2D eigenvalue weighted by molar-refractivity contribution is 0.102. The predicted molar refractivity (Wildman–Crippen MR) is 72.6 cm³/mol. The second-order valence-electron chi connectivity index (χ2n) is 3.93. The molecule has 0 fully saturated rings. The van der Waals surface area contributed by atoms with Crippen LogP contribution in [-0.2, 0) is 0 Å². The molecule has 0 saturated carbocycles. The molecule has 96 valence electrons. The number of anilines is 1. The SMILES string of the molecule is C/C(=N\O)c1ccccc1NC(=O)c1cccnc1. The molecule has 0 saturated heterocycles. The van der Waals surface area contributed by atoms with Crippen molar-refractivity contribution in [2.24, 2.45) is 5.16 Å². The Balaban J connectivity index is 2.27. The first-order valence-electron chi connectivity index (χ1n) is 5.72. The molecule has 5 nitrogen and oxygen atoms in total. The van der Waals surface area contributed by atoms with Crippen molar-refractivity contribution in [3.63, 3.8) is 0 Å². The van der Waals surface area contributed by atoms with Crippen molar-refractivity contribution < 1.29 is 10.0 Å². The summed E-state index contributed by atoms with van der Waals surface area (Å²) in [6.45, 7) is 1.66. The summed E-state index contributed by atoms with van der Waals surface area (Å²) >= 11 is 0. The van der Waals surface area contributed by atoms with E-state index < -0.39 is 0 Å². The molecule has 2 aromatic rings. The first-order valence-corrected chi connectivity index (χ1v) is 5.72. The van der Waals surface area contributed by atoms with Crippen LogP contribution in [0.15, 0.2) is 53.9 Å². The molecule has 19 heavy (non-hydrogen) atoms. The highest BCUT2D eigenvalue weighted by Gasteiger charge is 2.10. The van der Waals surface area contributed by atoms with Crippen LogP contribution in [0.25, 0.3) is 0 Å². The van der Waals surface area contributed by atoms with E-state index in [2.05, 4.69) is 15.5 Å². The van der Waals surface area contributed by atoms with E-state index in [1.807, 2.05) is 6.07 Å². The predicted octanol–water partition coefficient (Wildman–Crippen LogP) is 2.53. The first-order chi connectivity index (χ1) is 9.22. The van der Waals surface area contributed by atoms with Gasteiger partial charge < -0.3 is 10.5 Å². The minimum Gasteiger partial charge on any atom is -0.411 e. The Kier molecular flexibility index (Phi) is 3.87. The van der Waals surface area contributed by atoms with Gasteiger partial charge in [-0.3, -0.25) is 9.78 Å². The van der Waals surface area contributed by atoms with Crippen LogP contribution < -0.4 is 5.32 Å². The molecular formula is C14H13N3O2. The lowest BCUT2D eigenvalue weighted by Gasteiger charge is -2.09. The molecule has 0 aliphatic carbocycles. The fraction of sp³-hybridized carbons (Fsp3) is 0.0714. The normalized spacial score (nSPS) is 11.1. The molecule has 1 aromatic heterocycles. The zero-order valence-corrected chi connectivity index (χ0v) is 10.4. The number of nitrogens with zero attached hydrogens (tertiary/aromatic N) is 2. The Morgan fingerprint density at radius 1 is 1.26 bits per heavy atom. The van der Waals surface area contributed by atoms with Crippen LogP contribution in [0.4, 0.5) is 5.69 Å². The van der Waals surface area contributed by atoms with Crippen LogP contribution in [0.5, 0.6) is 0 Å². The van der Waals surface area contributed by atoms with Gasteiger partial charge in [-0.1, -0.05) is 23.4 Å². The Bertz CT molecular complexity index is 609. The maximum Gasteiger partial charge on any atom is 0.257 e. The topological polar surface area (TPSA) is 74.6 Å². The van der Waals surface area contributed by atoms with Gasteiger partial charge in [-0.2, -0.15) is 0 Å². The molecular weight excluding hydrogens is 242 g/mol. The summed E-state index contributed by atoms with van der Waals surface area (Å²) in [7, 11) is 0. The number of rotatable bonds is 3. The zero-order valence-electron chi connectivity index (χ0n) is 10.4. The Labute approximate surface area is 110 Å². The minimum absolute atomic E-state index is 0.258. The number of oxime groups is 1. The third kappa shape index (κ3) is 2.95. The molecule has 5 heteroatoms. The summed E-state index contributed by atoms with van der Waals surface area (Å²) in [5, 5.41) is 14.8. The second kappa shape index (κ2) is 5.77. The molecule has 1 heterocycles. The lowest BCUT2D eigenvalue weighted by atomic mass is 10.1. The Morgan fingerprint density at radius 3 is 2.74 bits per heavy atom. The molecule has 0 aliphatic rings. The average molecular weight is 255 g/mol. The molecule has 0 aliphatic heterocycles. The van der Waals surface area contributed by atoms with Gasteiger partial charge in [0.05, 0.1) is 17.0 Å². The zero-order chi connectivity index (χ0) is 13.7. The monoisotopic (exact) mass is 255 g/mol. The van der Waals surface area contributed by atoms with Crippen LogP contribution in [0.1, 0.15) is 22.8 Å². The number of hydrogen-bond acceptors (Lipinski definition) is 4. The largest absolute Gasteiger partial charge is 0.411 e. The number of amides is 1. The Hall–Kier alpha value is -2.69. The fourth-order valence-electron chi connectivity index (χ4n) is 1.65. The van der Waals surface area contributed by atoms with Crippen molar-refractivity contribution in [3.05, 3.63) is 59.9 Å². The lowest BCUT2D eigenvalue weighted by Crippen LogP contribution is -2.14. The molecule has 1 aromatic carbocycles. The number of hydrogen-bond donors (Lipinski definition) is 2. The average Bonchev–Trinajstić information content (AvgIpc) is 2.48. The van der Waals surface area contributed by atoms with Crippen molar-refractivity contribution in [3.8, 4) is 0 Å². The molecule has 0 bridgehead atoms. The first kappa shape index (κ1) is 12.8. The van der Waals surface area contributed by atoms with Crippen molar-refractivity contribution in [1.29, 1.82) is 0 Å². The van der Waals surface area contributed by atoms with E-state index in [1.54, 1.807) is 43.5 Å². The molecule has 0 radical (unpaired) electrons. The van der Waals surface area contributed by atoms with Gasteiger partial charge in [0.15, 0.2) is 0 Å². The third-order valence-corrected chi connectivity index (χ3v) is 2.64. The maximum atomic E-state index is 12.0. The van der Waals surface area contributed by atoms with Crippen LogP contribution in [0.3, 0.4) is 0 Å². The van der Waals surface area contributed by atoms with Crippen LogP contribution in [-0.4, -0.2) is 21.8 Å². The van der Waals surface area contributed by atoms with Gasteiger partial charge >= 0.3 is 0 Å². The van der Waals surface area contributed by atoms with E-state index >= 15 is 0 Å². The summed E-state index contributed by atoms with van der Waals surface area (Å²) in [6.07, 6.45) is 3.10. The number of carbonyl (C=O) groups is 1. The summed E-state index contributed by atoms with van der Waals surface area (Å²) in [6, 6.07) is 10.5. The van der Waals surface area contributed by atoms with Gasteiger partial charge in [0.2, 0.25) is 0 Å². The van der Waals surface area contributed by atoms with Crippen LogP contribution in [0, 0.1) is 0 Å². The van der Waals surface area contributed by atoms with Crippen molar-refractivity contribution >= 4 is 17.3 Å². The Morgan fingerprint density at radius 2 is 2.05 bits per heavy atom. The van der Waals surface area contributed by atoms with Gasteiger partial charge in [0, 0.05) is 18.0 Å². The minimum atomic E-state index is -0.258. The van der Waals surface area contributed by atoms with Crippen LogP contribution in [0.2, 0.25) is 0 Å². The van der Waals surface area contributed by atoms with E-state index in [4.69, 9.17) is 5.21 Å². The van der Waals surface area contributed by atoms with E-state index in [0.717, 1.165) is 0 Å². The van der Waals surface area contributed by atoms with Crippen molar-refractivity contribution in [2.75, 3.05) is 5.32 Å². The number of carbonyl (C=O) groups excluding carboxylic acids is 1. The summed E-state index contributed by atoms with van der Waals surface area (Å²) in [5.41, 5.74) is 2.16. The highest BCUT2D eigenvalue weighted by molar-refractivity contribution is 6.10. The van der Waals surface area contributed by atoms with Gasteiger partial charge in [-0.15, -0.1) is 0 Å². The second-order valence-corrected chi connectivity index (χ2v) is 3.93. The van der Waals surface area contributed by atoms with E-state index in [-0.39, 0.29) is 5.91 Å². The van der Waals surface area contributed by atoms with Crippen LogP contribution >= 0.6 is 0 Å². The summed E-state index contributed by atoms with van der Waals surface area (Å²) in [4.78, 5) is 15.9. The summed E-state index contributed by atoms with van der Waals surface area (Å²) < 4.78 is 0. The molecule has 1 amide bonds. The van der Waals surface area contributed by atoms with Gasteiger partial charge in [-0.05, 0) is 25.1 Å². The van der Waals surface area contributed by atoms with E-state index in [1.165, 1.54) is 6.20 Å². The number of nitrogens with one attached hydrogen (secondary N) is 1. The number of benzene rings is 1. The molecule has 2 N–H and O–H groups in total. The summed E-state index contributed by atoms with van der Waals surface area (Å²) in [5.74, 6) is -0.258. The highest BCUT2D eigenvalue weighted by Crippen LogP contribution is 2.17. The molecule has 0 unspecified atom stereocenters. The number of pyridine rings is 1. The fourth-order valence-corrected chi connectivity index (χ4v) is 1.65. The van der Waals surface area contributed by atoms with Gasteiger partial charge in [0.25, 0.3) is 5.91 Å².